The van der Waals surface area contributed by atoms with Gasteiger partial charge in [0.25, 0.3) is 5.91 Å². The fourth-order valence-corrected chi connectivity index (χ4v) is 3.14. The third kappa shape index (κ3) is 2.45. The molecule has 4 nitrogen and oxygen atoms in total. The van der Waals surface area contributed by atoms with E-state index < -0.39 is 0 Å². The first kappa shape index (κ1) is 13.2. The summed E-state index contributed by atoms with van der Waals surface area (Å²) < 4.78 is 1.99. The first-order valence-corrected chi connectivity index (χ1v) is 7.46. The molecule has 100 valence electrons. The lowest BCUT2D eigenvalue weighted by atomic mass is 10.2. The molecule has 0 aliphatic rings. The molecule has 3 rings (SSSR count). The van der Waals surface area contributed by atoms with Gasteiger partial charge in [-0.25, -0.2) is 10.8 Å². The molecule has 0 fully saturated rings. The summed E-state index contributed by atoms with van der Waals surface area (Å²) in [5.74, 6) is 4.84. The van der Waals surface area contributed by atoms with Gasteiger partial charge in [0.2, 0.25) is 0 Å². The summed E-state index contributed by atoms with van der Waals surface area (Å²) >= 11 is 4.96. The van der Waals surface area contributed by atoms with Gasteiger partial charge in [0.15, 0.2) is 0 Å². The van der Waals surface area contributed by atoms with Crippen LogP contribution >= 0.6 is 27.3 Å². The van der Waals surface area contributed by atoms with Crippen molar-refractivity contribution in [3.05, 3.63) is 52.5 Å². The molecule has 0 unspecified atom stereocenters. The summed E-state index contributed by atoms with van der Waals surface area (Å²) in [6.45, 7) is 0. The highest BCUT2D eigenvalue weighted by molar-refractivity contribution is 9.10. The Kier molecular flexibility index (Phi) is 3.52. The number of carbonyl (C=O) groups is 1. The van der Waals surface area contributed by atoms with Gasteiger partial charge in [-0.15, -0.1) is 11.3 Å². The second kappa shape index (κ2) is 5.32. The zero-order valence-corrected chi connectivity index (χ0v) is 12.7. The van der Waals surface area contributed by atoms with Crippen molar-refractivity contribution in [1.82, 2.24) is 10.4 Å². The SMILES string of the molecule is NNC(=O)c1ccc2nc(-c3ccc(Br)cc3)sc2c1. The van der Waals surface area contributed by atoms with Crippen LogP contribution in [0.3, 0.4) is 0 Å². The summed E-state index contributed by atoms with van der Waals surface area (Å²) in [5, 5.41) is 0.929. The smallest absolute Gasteiger partial charge is 0.265 e. The molecule has 3 aromatic rings. The van der Waals surface area contributed by atoms with E-state index in [0.29, 0.717) is 5.56 Å². The van der Waals surface area contributed by atoms with E-state index in [2.05, 4.69) is 26.3 Å². The number of nitrogens with two attached hydrogens (primary N) is 1. The van der Waals surface area contributed by atoms with Gasteiger partial charge in [0.05, 0.1) is 10.2 Å². The molecule has 0 aliphatic carbocycles. The highest BCUT2D eigenvalue weighted by atomic mass is 79.9. The largest absolute Gasteiger partial charge is 0.290 e. The summed E-state index contributed by atoms with van der Waals surface area (Å²) in [6.07, 6.45) is 0. The monoisotopic (exact) mass is 347 g/mol. The van der Waals surface area contributed by atoms with Crippen molar-refractivity contribution in [2.24, 2.45) is 5.84 Å². The number of benzene rings is 2. The molecule has 0 spiro atoms. The van der Waals surface area contributed by atoms with E-state index >= 15 is 0 Å². The standard InChI is InChI=1S/C14H10BrN3OS/c15-10-4-1-8(2-5-10)14-17-11-6-3-9(13(19)18-16)7-12(11)20-14/h1-7H,16H2,(H,18,19). The van der Waals surface area contributed by atoms with Crippen LogP contribution in [0.25, 0.3) is 20.8 Å². The highest BCUT2D eigenvalue weighted by Gasteiger charge is 2.09. The van der Waals surface area contributed by atoms with Gasteiger partial charge in [-0.1, -0.05) is 28.1 Å². The number of aromatic nitrogens is 1. The third-order valence-corrected chi connectivity index (χ3v) is 4.47. The lowest BCUT2D eigenvalue weighted by Gasteiger charge is -1.97. The molecular weight excluding hydrogens is 338 g/mol. The number of hydrogen-bond acceptors (Lipinski definition) is 4. The number of nitrogens with one attached hydrogen (secondary N) is 1. The molecular formula is C14H10BrN3OS. The molecule has 0 atom stereocenters. The van der Waals surface area contributed by atoms with Crippen molar-refractivity contribution < 1.29 is 4.79 Å². The van der Waals surface area contributed by atoms with Crippen molar-refractivity contribution in [3.63, 3.8) is 0 Å². The molecule has 0 aliphatic heterocycles. The lowest BCUT2D eigenvalue weighted by Crippen LogP contribution is -2.29. The Balaban J connectivity index is 2.06. The number of halogens is 1. The maximum Gasteiger partial charge on any atom is 0.265 e. The number of thiazole rings is 1. The van der Waals surface area contributed by atoms with Gasteiger partial charge in [-0.3, -0.25) is 10.2 Å². The first-order chi connectivity index (χ1) is 9.67. The maximum absolute atomic E-state index is 11.5. The molecule has 0 saturated heterocycles. The van der Waals surface area contributed by atoms with E-state index in [1.165, 1.54) is 0 Å². The molecule has 3 N–H and O–H groups in total. The third-order valence-electron chi connectivity index (χ3n) is 2.87. The van der Waals surface area contributed by atoms with Crippen molar-refractivity contribution in [2.75, 3.05) is 0 Å². The van der Waals surface area contributed by atoms with Gasteiger partial charge < -0.3 is 0 Å². The Morgan fingerprint density at radius 3 is 2.65 bits per heavy atom. The summed E-state index contributed by atoms with van der Waals surface area (Å²) in [6, 6.07) is 13.3. The normalized spacial score (nSPS) is 10.7. The van der Waals surface area contributed by atoms with Crippen LogP contribution in [0.2, 0.25) is 0 Å². The average Bonchev–Trinajstić information content (AvgIpc) is 2.90. The maximum atomic E-state index is 11.5. The van der Waals surface area contributed by atoms with Crippen LogP contribution in [-0.2, 0) is 0 Å². The molecule has 0 bridgehead atoms. The molecule has 0 saturated carbocycles. The van der Waals surface area contributed by atoms with Gasteiger partial charge in [0.1, 0.15) is 5.01 Å². The molecule has 1 aromatic heterocycles. The number of nitrogens with zero attached hydrogens (tertiary/aromatic N) is 1. The van der Waals surface area contributed by atoms with Crippen molar-refractivity contribution in [1.29, 1.82) is 0 Å². The van der Waals surface area contributed by atoms with Crippen LogP contribution in [0, 0.1) is 0 Å². The number of hydrazine groups is 1. The molecule has 6 heteroatoms. The van der Waals surface area contributed by atoms with E-state index in [1.807, 2.05) is 30.3 Å². The number of carbonyl (C=O) groups excluding carboxylic acids is 1. The van der Waals surface area contributed by atoms with Crippen LogP contribution in [0.15, 0.2) is 46.9 Å². The molecule has 1 amide bonds. The average molecular weight is 348 g/mol. The Bertz CT molecular complexity index is 783. The summed E-state index contributed by atoms with van der Waals surface area (Å²) in [5.41, 5.74) is 4.60. The molecule has 0 radical (unpaired) electrons. The number of nitrogen functional groups attached to an aromatic ring is 1. The van der Waals surface area contributed by atoms with Gasteiger partial charge >= 0.3 is 0 Å². The second-order valence-electron chi connectivity index (χ2n) is 4.18. The van der Waals surface area contributed by atoms with E-state index in [4.69, 9.17) is 5.84 Å². The van der Waals surface area contributed by atoms with Crippen molar-refractivity contribution >= 4 is 43.4 Å². The lowest BCUT2D eigenvalue weighted by molar-refractivity contribution is 0.0954. The summed E-state index contributed by atoms with van der Waals surface area (Å²) in [4.78, 5) is 16.1. The van der Waals surface area contributed by atoms with E-state index in [-0.39, 0.29) is 5.91 Å². The predicted octanol–water partition coefficient (Wildman–Crippen LogP) is 3.33. The topological polar surface area (TPSA) is 68.0 Å². The van der Waals surface area contributed by atoms with Crippen LogP contribution < -0.4 is 11.3 Å². The van der Waals surface area contributed by atoms with E-state index in [0.717, 1.165) is 25.3 Å². The van der Waals surface area contributed by atoms with Crippen molar-refractivity contribution in [3.8, 4) is 10.6 Å². The van der Waals surface area contributed by atoms with E-state index in [9.17, 15) is 4.79 Å². The fourth-order valence-electron chi connectivity index (χ4n) is 1.87. The molecule has 1 heterocycles. The number of rotatable bonds is 2. The molecule has 2 aromatic carbocycles. The number of fused-ring (bicyclic) bond motifs is 1. The van der Waals surface area contributed by atoms with Crippen LogP contribution in [-0.4, -0.2) is 10.9 Å². The second-order valence-corrected chi connectivity index (χ2v) is 6.13. The fraction of sp³-hybridized carbons (Fsp3) is 0. The number of amides is 1. The Morgan fingerprint density at radius 1 is 1.20 bits per heavy atom. The predicted molar refractivity (Wildman–Crippen MR) is 84.4 cm³/mol. The van der Waals surface area contributed by atoms with Crippen LogP contribution in [0.4, 0.5) is 0 Å². The van der Waals surface area contributed by atoms with Crippen LogP contribution in [0.5, 0.6) is 0 Å². The van der Waals surface area contributed by atoms with Gasteiger partial charge in [-0.05, 0) is 30.3 Å². The Labute approximate surface area is 127 Å². The Morgan fingerprint density at radius 2 is 1.95 bits per heavy atom. The van der Waals surface area contributed by atoms with Gasteiger partial charge in [-0.2, -0.15) is 0 Å². The minimum atomic E-state index is -0.300. The van der Waals surface area contributed by atoms with Gasteiger partial charge in [0, 0.05) is 15.6 Å². The highest BCUT2D eigenvalue weighted by Crippen LogP contribution is 2.31. The van der Waals surface area contributed by atoms with Crippen LogP contribution in [0.1, 0.15) is 10.4 Å². The van der Waals surface area contributed by atoms with E-state index in [1.54, 1.807) is 23.5 Å². The first-order valence-electron chi connectivity index (χ1n) is 5.85. The Hall–Kier alpha value is -1.76. The minimum Gasteiger partial charge on any atom is -0.290 e. The quantitative estimate of drug-likeness (QED) is 0.424. The molecule has 20 heavy (non-hydrogen) atoms. The zero-order valence-electron chi connectivity index (χ0n) is 10.3. The minimum absolute atomic E-state index is 0.300. The number of hydrogen-bond donors (Lipinski definition) is 2. The van der Waals surface area contributed by atoms with Crippen molar-refractivity contribution in [2.45, 2.75) is 0 Å². The zero-order chi connectivity index (χ0) is 14.1. The summed E-state index contributed by atoms with van der Waals surface area (Å²) in [7, 11) is 0.